The molecule has 0 bridgehead atoms. The fourth-order valence-electron chi connectivity index (χ4n) is 3.77. The number of ether oxygens (including phenoxy) is 1. The lowest BCUT2D eigenvalue weighted by Crippen LogP contribution is -2.17. The van der Waals surface area contributed by atoms with Gasteiger partial charge in [-0.05, 0) is 62.1 Å². The molecule has 3 aromatic rings. The van der Waals surface area contributed by atoms with Crippen molar-refractivity contribution < 1.29 is 9.84 Å². The smallest absolute Gasteiger partial charge is 0.217 e. The van der Waals surface area contributed by atoms with Gasteiger partial charge in [-0.3, -0.25) is 4.98 Å². The van der Waals surface area contributed by atoms with Crippen LogP contribution < -0.4 is 0 Å². The summed E-state index contributed by atoms with van der Waals surface area (Å²) in [5, 5.41) is 10.9. The third-order valence-corrected chi connectivity index (χ3v) is 5.34. The van der Waals surface area contributed by atoms with E-state index in [-0.39, 0.29) is 5.54 Å². The van der Waals surface area contributed by atoms with Crippen molar-refractivity contribution in [2.75, 3.05) is 6.61 Å². The SMILES string of the molecule is Cc1ccnc(C)c1C(O)c1ccc(-c2ccccc2C2=NC(C)(C)CO2)cc1. The molecule has 2 aromatic carbocycles. The number of nitrogens with zero attached hydrogens (tertiary/aromatic N) is 2. The van der Waals surface area contributed by atoms with Crippen LogP contribution in [0.15, 0.2) is 65.8 Å². The van der Waals surface area contributed by atoms with Crippen molar-refractivity contribution >= 4 is 5.90 Å². The van der Waals surface area contributed by atoms with Gasteiger partial charge in [0.2, 0.25) is 5.90 Å². The van der Waals surface area contributed by atoms with E-state index in [0.29, 0.717) is 12.5 Å². The van der Waals surface area contributed by atoms with Gasteiger partial charge in [0.25, 0.3) is 0 Å². The van der Waals surface area contributed by atoms with Crippen LogP contribution in [-0.2, 0) is 4.74 Å². The molecule has 2 heterocycles. The predicted molar refractivity (Wildman–Crippen MR) is 116 cm³/mol. The number of aliphatic hydroxyl groups excluding tert-OH is 1. The molecule has 4 nitrogen and oxygen atoms in total. The van der Waals surface area contributed by atoms with E-state index in [1.54, 1.807) is 6.20 Å². The van der Waals surface area contributed by atoms with Crippen molar-refractivity contribution in [1.29, 1.82) is 0 Å². The summed E-state index contributed by atoms with van der Waals surface area (Å²) in [6, 6.07) is 18.1. The Bertz CT molecular complexity index is 1050. The zero-order chi connectivity index (χ0) is 20.6. The van der Waals surface area contributed by atoms with Gasteiger partial charge in [0.1, 0.15) is 12.7 Å². The lowest BCUT2D eigenvalue weighted by atomic mass is 9.93. The van der Waals surface area contributed by atoms with Crippen LogP contribution in [0, 0.1) is 13.8 Å². The number of hydrogen-bond acceptors (Lipinski definition) is 4. The molecule has 0 amide bonds. The minimum atomic E-state index is -0.698. The lowest BCUT2D eigenvalue weighted by Gasteiger charge is -2.17. The van der Waals surface area contributed by atoms with Crippen LogP contribution in [0.1, 0.15) is 47.9 Å². The minimum Gasteiger partial charge on any atom is -0.475 e. The molecule has 1 aliphatic heterocycles. The number of aryl methyl sites for hydroxylation is 2. The summed E-state index contributed by atoms with van der Waals surface area (Å²) in [6.07, 6.45) is 1.08. The normalized spacial score (nSPS) is 16.2. The highest BCUT2D eigenvalue weighted by Crippen LogP contribution is 2.31. The molecule has 0 spiro atoms. The molecular weight excluding hydrogens is 360 g/mol. The Hall–Kier alpha value is -2.98. The van der Waals surface area contributed by atoms with Crippen LogP contribution in [0.5, 0.6) is 0 Å². The number of rotatable bonds is 4. The lowest BCUT2D eigenvalue weighted by molar-refractivity contribution is 0.218. The van der Waals surface area contributed by atoms with E-state index in [2.05, 4.69) is 24.9 Å². The van der Waals surface area contributed by atoms with Gasteiger partial charge in [-0.15, -0.1) is 0 Å². The van der Waals surface area contributed by atoms with Gasteiger partial charge in [-0.25, -0.2) is 4.99 Å². The van der Waals surface area contributed by atoms with Crippen LogP contribution in [0.3, 0.4) is 0 Å². The fraction of sp³-hybridized carbons (Fsp3) is 0.280. The van der Waals surface area contributed by atoms with E-state index in [0.717, 1.165) is 39.1 Å². The molecule has 1 N–H and O–H groups in total. The van der Waals surface area contributed by atoms with Crippen molar-refractivity contribution in [2.24, 2.45) is 4.99 Å². The molecule has 1 atom stereocenters. The van der Waals surface area contributed by atoms with E-state index in [9.17, 15) is 5.11 Å². The number of aliphatic hydroxyl groups is 1. The minimum absolute atomic E-state index is 0.199. The maximum atomic E-state index is 10.9. The van der Waals surface area contributed by atoms with Crippen molar-refractivity contribution in [3.8, 4) is 11.1 Å². The Balaban J connectivity index is 1.68. The van der Waals surface area contributed by atoms with E-state index in [1.807, 2.05) is 62.4 Å². The quantitative estimate of drug-likeness (QED) is 0.686. The Kier molecular flexibility index (Phi) is 4.97. The summed E-state index contributed by atoms with van der Waals surface area (Å²) in [4.78, 5) is 9.06. The van der Waals surface area contributed by atoms with E-state index in [1.165, 1.54) is 0 Å². The highest BCUT2D eigenvalue weighted by atomic mass is 16.5. The molecule has 0 radical (unpaired) electrons. The van der Waals surface area contributed by atoms with Crippen molar-refractivity contribution in [1.82, 2.24) is 4.98 Å². The maximum absolute atomic E-state index is 10.9. The van der Waals surface area contributed by atoms with Crippen LogP contribution in [0.2, 0.25) is 0 Å². The van der Waals surface area contributed by atoms with Gasteiger partial charge >= 0.3 is 0 Å². The number of aliphatic imine (C=N–C) groups is 1. The van der Waals surface area contributed by atoms with Gasteiger partial charge in [-0.1, -0.05) is 42.5 Å². The summed E-state index contributed by atoms with van der Waals surface area (Å²) >= 11 is 0. The molecule has 0 saturated carbocycles. The Labute approximate surface area is 171 Å². The van der Waals surface area contributed by atoms with Gasteiger partial charge in [0.15, 0.2) is 0 Å². The molecule has 1 unspecified atom stereocenters. The van der Waals surface area contributed by atoms with E-state index >= 15 is 0 Å². The Morgan fingerprint density at radius 2 is 1.66 bits per heavy atom. The maximum Gasteiger partial charge on any atom is 0.217 e. The second-order valence-electron chi connectivity index (χ2n) is 8.22. The first-order valence-corrected chi connectivity index (χ1v) is 9.88. The van der Waals surface area contributed by atoms with Gasteiger partial charge < -0.3 is 9.84 Å². The number of pyridine rings is 1. The first kappa shape index (κ1) is 19.3. The molecule has 0 fully saturated rings. The summed E-state index contributed by atoms with van der Waals surface area (Å²) in [5.74, 6) is 0.691. The largest absolute Gasteiger partial charge is 0.475 e. The predicted octanol–water partition coefficient (Wildman–Crippen LogP) is 5.00. The molecule has 0 saturated heterocycles. The number of benzene rings is 2. The highest BCUT2D eigenvalue weighted by molar-refractivity contribution is 6.01. The average Bonchev–Trinajstić information content (AvgIpc) is 3.07. The second-order valence-corrected chi connectivity index (χ2v) is 8.22. The zero-order valence-corrected chi connectivity index (χ0v) is 17.3. The first-order chi connectivity index (χ1) is 13.9. The highest BCUT2D eigenvalue weighted by Gasteiger charge is 2.28. The second kappa shape index (κ2) is 7.45. The summed E-state index contributed by atoms with van der Waals surface area (Å²) in [5.41, 5.74) is 6.54. The van der Waals surface area contributed by atoms with Crippen LogP contribution >= 0.6 is 0 Å². The molecular formula is C25H26N2O2. The van der Waals surface area contributed by atoms with Gasteiger partial charge in [0.05, 0.1) is 5.54 Å². The third kappa shape index (κ3) is 3.81. The topological polar surface area (TPSA) is 54.7 Å². The monoisotopic (exact) mass is 386 g/mol. The summed E-state index contributed by atoms with van der Waals surface area (Å²) in [7, 11) is 0. The third-order valence-electron chi connectivity index (χ3n) is 5.34. The zero-order valence-electron chi connectivity index (χ0n) is 17.3. The van der Waals surface area contributed by atoms with Gasteiger partial charge in [0, 0.05) is 23.0 Å². The molecule has 29 heavy (non-hydrogen) atoms. The van der Waals surface area contributed by atoms with Gasteiger partial charge in [-0.2, -0.15) is 0 Å². The Morgan fingerprint density at radius 3 is 2.28 bits per heavy atom. The molecule has 4 heteroatoms. The number of hydrogen-bond donors (Lipinski definition) is 1. The number of aromatic nitrogens is 1. The standard InChI is InChI=1S/C25H26N2O2/c1-16-13-14-26-17(2)22(16)23(28)19-11-9-18(10-12-19)20-7-5-6-8-21(20)24-27-25(3,4)15-29-24/h5-14,23,28H,15H2,1-4H3. The molecule has 148 valence electrons. The van der Waals surface area contributed by atoms with E-state index in [4.69, 9.17) is 9.73 Å². The molecule has 1 aliphatic rings. The molecule has 0 aliphatic carbocycles. The summed E-state index contributed by atoms with van der Waals surface area (Å²) in [6.45, 7) is 8.66. The first-order valence-electron chi connectivity index (χ1n) is 9.88. The van der Waals surface area contributed by atoms with Crippen LogP contribution in [-0.4, -0.2) is 28.1 Å². The Morgan fingerprint density at radius 1 is 0.966 bits per heavy atom. The molecule has 1 aromatic heterocycles. The summed E-state index contributed by atoms with van der Waals surface area (Å²) < 4.78 is 5.87. The van der Waals surface area contributed by atoms with Crippen LogP contribution in [0.4, 0.5) is 0 Å². The van der Waals surface area contributed by atoms with Crippen molar-refractivity contribution in [3.05, 3.63) is 88.7 Å². The van der Waals surface area contributed by atoms with E-state index < -0.39 is 6.10 Å². The average molecular weight is 386 g/mol. The fourth-order valence-corrected chi connectivity index (χ4v) is 3.77. The van der Waals surface area contributed by atoms with Crippen molar-refractivity contribution in [2.45, 2.75) is 39.3 Å². The van der Waals surface area contributed by atoms with Crippen LogP contribution in [0.25, 0.3) is 11.1 Å². The molecule has 4 rings (SSSR count). The van der Waals surface area contributed by atoms with Crippen molar-refractivity contribution in [3.63, 3.8) is 0 Å².